The van der Waals surface area contributed by atoms with Gasteiger partial charge < -0.3 is 9.84 Å². The van der Waals surface area contributed by atoms with Gasteiger partial charge in [-0.2, -0.15) is 0 Å². The normalized spacial score (nSPS) is 10.0. The molecule has 0 aliphatic carbocycles. The van der Waals surface area contributed by atoms with E-state index in [1.807, 2.05) is 12.1 Å². The van der Waals surface area contributed by atoms with Crippen molar-refractivity contribution in [1.29, 1.82) is 0 Å². The Morgan fingerprint density at radius 1 is 1.54 bits per heavy atom. The summed E-state index contributed by atoms with van der Waals surface area (Å²) >= 11 is 1.54. The Balaban J connectivity index is 2.32. The number of ether oxygens (including phenoxy) is 1. The van der Waals surface area contributed by atoms with Gasteiger partial charge in [0.05, 0.1) is 13.2 Å². The zero-order valence-corrected chi connectivity index (χ0v) is 8.26. The molecular formula is C9H12O3S. The van der Waals surface area contributed by atoms with Gasteiger partial charge in [-0.1, -0.05) is 0 Å². The van der Waals surface area contributed by atoms with Crippen molar-refractivity contribution >= 4 is 17.3 Å². The quantitative estimate of drug-likeness (QED) is 0.746. The van der Waals surface area contributed by atoms with Crippen LogP contribution in [0.15, 0.2) is 12.1 Å². The molecule has 0 saturated heterocycles. The van der Waals surface area contributed by atoms with Gasteiger partial charge in [-0.15, -0.1) is 11.3 Å². The highest BCUT2D eigenvalue weighted by Crippen LogP contribution is 2.16. The molecule has 1 rings (SSSR count). The van der Waals surface area contributed by atoms with Gasteiger partial charge in [0.2, 0.25) is 0 Å². The lowest BCUT2D eigenvalue weighted by molar-refractivity contribution is -0.140. The van der Waals surface area contributed by atoms with Crippen molar-refractivity contribution in [3.05, 3.63) is 21.9 Å². The molecule has 13 heavy (non-hydrogen) atoms. The minimum absolute atomic E-state index is 0.0816. The molecule has 0 unspecified atom stereocenters. The van der Waals surface area contributed by atoms with Crippen LogP contribution in [0, 0.1) is 0 Å². The molecule has 0 aliphatic rings. The van der Waals surface area contributed by atoms with Crippen LogP contribution >= 0.6 is 11.3 Å². The Hall–Kier alpha value is -0.870. The van der Waals surface area contributed by atoms with Crippen LogP contribution in [0.2, 0.25) is 0 Å². The number of thiophene rings is 1. The Bertz CT molecular complexity index is 280. The Labute approximate surface area is 81.0 Å². The molecule has 1 aromatic heterocycles. The summed E-state index contributed by atoms with van der Waals surface area (Å²) in [6.07, 6.45) is 0.726. The zero-order valence-electron chi connectivity index (χ0n) is 7.45. The maximum absolute atomic E-state index is 10.4. The summed E-state index contributed by atoms with van der Waals surface area (Å²) < 4.78 is 4.79. The second-order valence-electron chi connectivity index (χ2n) is 2.62. The summed E-state index contributed by atoms with van der Waals surface area (Å²) in [4.78, 5) is 12.5. The third-order valence-corrected chi connectivity index (χ3v) is 2.66. The summed E-state index contributed by atoms with van der Waals surface area (Å²) in [5.41, 5.74) is 0. The van der Waals surface area contributed by atoms with Crippen molar-refractivity contribution in [2.24, 2.45) is 0 Å². The van der Waals surface area contributed by atoms with Gasteiger partial charge in [-0.25, -0.2) is 0 Å². The molecule has 0 saturated carbocycles. The van der Waals surface area contributed by atoms with E-state index in [-0.39, 0.29) is 12.6 Å². The molecular weight excluding hydrogens is 188 g/mol. The molecule has 0 fully saturated rings. The van der Waals surface area contributed by atoms with E-state index in [1.165, 1.54) is 6.92 Å². The topological polar surface area (TPSA) is 46.5 Å². The third kappa shape index (κ3) is 3.57. The number of esters is 1. The molecule has 0 amide bonds. The van der Waals surface area contributed by atoms with Crippen molar-refractivity contribution in [3.63, 3.8) is 0 Å². The van der Waals surface area contributed by atoms with Crippen molar-refractivity contribution in [2.45, 2.75) is 20.0 Å². The van der Waals surface area contributed by atoms with Gasteiger partial charge in [0.25, 0.3) is 0 Å². The predicted octanol–water partition coefficient (Wildman–Crippen LogP) is 1.35. The molecule has 0 aliphatic heterocycles. The number of carbonyl (C=O) groups excluding carboxylic acids is 1. The largest absolute Gasteiger partial charge is 0.465 e. The van der Waals surface area contributed by atoms with Crippen LogP contribution < -0.4 is 0 Å². The Morgan fingerprint density at radius 3 is 2.77 bits per heavy atom. The lowest BCUT2D eigenvalue weighted by Gasteiger charge is -1.98. The smallest absolute Gasteiger partial charge is 0.302 e. The first-order valence-electron chi connectivity index (χ1n) is 4.04. The SMILES string of the molecule is CC(=O)OCCc1ccc(CO)s1. The highest BCUT2D eigenvalue weighted by molar-refractivity contribution is 7.11. The van der Waals surface area contributed by atoms with E-state index in [1.54, 1.807) is 11.3 Å². The van der Waals surface area contributed by atoms with Gasteiger partial charge in [-0.05, 0) is 12.1 Å². The number of rotatable bonds is 4. The lowest BCUT2D eigenvalue weighted by atomic mass is 10.3. The van der Waals surface area contributed by atoms with E-state index in [0.717, 1.165) is 16.2 Å². The minimum Gasteiger partial charge on any atom is -0.465 e. The molecule has 0 bridgehead atoms. The van der Waals surface area contributed by atoms with Crippen molar-refractivity contribution in [3.8, 4) is 0 Å². The van der Waals surface area contributed by atoms with Crippen LogP contribution in [-0.2, 0) is 22.6 Å². The maximum atomic E-state index is 10.4. The number of aliphatic hydroxyl groups is 1. The molecule has 1 heterocycles. The van der Waals surface area contributed by atoms with Crippen LogP contribution in [0.3, 0.4) is 0 Å². The van der Waals surface area contributed by atoms with Crippen LogP contribution in [0.1, 0.15) is 16.7 Å². The molecule has 0 spiro atoms. The van der Waals surface area contributed by atoms with E-state index in [4.69, 9.17) is 9.84 Å². The first-order valence-corrected chi connectivity index (χ1v) is 4.86. The average Bonchev–Trinajstić information content (AvgIpc) is 2.52. The van der Waals surface area contributed by atoms with Gasteiger partial charge in [0.15, 0.2) is 0 Å². The average molecular weight is 200 g/mol. The zero-order chi connectivity index (χ0) is 9.68. The van der Waals surface area contributed by atoms with Gasteiger partial charge in [0.1, 0.15) is 0 Å². The first kappa shape index (κ1) is 10.2. The minimum atomic E-state index is -0.251. The molecule has 0 aromatic carbocycles. The van der Waals surface area contributed by atoms with Crippen molar-refractivity contribution in [1.82, 2.24) is 0 Å². The second-order valence-corrected chi connectivity index (χ2v) is 3.87. The summed E-state index contributed by atoms with van der Waals surface area (Å²) in [5, 5.41) is 8.79. The number of aliphatic hydroxyl groups excluding tert-OH is 1. The van der Waals surface area contributed by atoms with Crippen LogP contribution in [-0.4, -0.2) is 17.7 Å². The maximum Gasteiger partial charge on any atom is 0.302 e. The van der Waals surface area contributed by atoms with Crippen LogP contribution in [0.4, 0.5) is 0 Å². The second kappa shape index (κ2) is 4.99. The van der Waals surface area contributed by atoms with Gasteiger partial charge >= 0.3 is 5.97 Å². The van der Waals surface area contributed by atoms with Crippen LogP contribution in [0.25, 0.3) is 0 Å². The summed E-state index contributed by atoms with van der Waals surface area (Å²) in [6.45, 7) is 1.90. The van der Waals surface area contributed by atoms with Gasteiger partial charge in [-0.3, -0.25) is 4.79 Å². The lowest BCUT2D eigenvalue weighted by Crippen LogP contribution is -2.01. The van der Waals surface area contributed by atoms with E-state index < -0.39 is 0 Å². The Morgan fingerprint density at radius 2 is 2.23 bits per heavy atom. The molecule has 1 aromatic rings. The van der Waals surface area contributed by atoms with Crippen LogP contribution in [0.5, 0.6) is 0 Å². The van der Waals surface area contributed by atoms with Crippen molar-refractivity contribution in [2.75, 3.05) is 6.61 Å². The highest BCUT2D eigenvalue weighted by atomic mass is 32.1. The fraction of sp³-hybridized carbons (Fsp3) is 0.444. The van der Waals surface area contributed by atoms with Gasteiger partial charge in [0, 0.05) is 23.1 Å². The monoisotopic (exact) mass is 200 g/mol. The molecule has 72 valence electrons. The van der Waals surface area contributed by atoms with E-state index >= 15 is 0 Å². The molecule has 0 atom stereocenters. The fourth-order valence-corrected chi connectivity index (χ4v) is 1.80. The predicted molar refractivity (Wildman–Crippen MR) is 50.6 cm³/mol. The highest BCUT2D eigenvalue weighted by Gasteiger charge is 1.99. The number of carbonyl (C=O) groups is 1. The summed E-state index contributed by atoms with van der Waals surface area (Å²) in [6, 6.07) is 3.83. The molecule has 3 nitrogen and oxygen atoms in total. The number of hydrogen-bond acceptors (Lipinski definition) is 4. The Kier molecular flexibility index (Phi) is 3.92. The summed E-state index contributed by atoms with van der Waals surface area (Å²) in [7, 11) is 0. The summed E-state index contributed by atoms with van der Waals surface area (Å²) in [5.74, 6) is -0.251. The third-order valence-electron chi connectivity index (χ3n) is 1.53. The first-order chi connectivity index (χ1) is 6.22. The van der Waals surface area contributed by atoms with E-state index in [9.17, 15) is 4.79 Å². The molecule has 4 heteroatoms. The van der Waals surface area contributed by atoms with E-state index in [0.29, 0.717) is 6.61 Å². The van der Waals surface area contributed by atoms with Crippen molar-refractivity contribution < 1.29 is 14.6 Å². The van der Waals surface area contributed by atoms with E-state index in [2.05, 4.69) is 0 Å². The molecule has 1 N–H and O–H groups in total. The molecule has 0 radical (unpaired) electrons. The number of hydrogen-bond donors (Lipinski definition) is 1. The fourth-order valence-electron chi connectivity index (χ4n) is 0.937. The standard InChI is InChI=1S/C9H12O3S/c1-7(11)12-5-4-8-2-3-9(6-10)13-8/h2-3,10H,4-6H2,1H3.